The predicted molar refractivity (Wildman–Crippen MR) is 208 cm³/mol. The fourth-order valence-corrected chi connectivity index (χ4v) is 8.22. The first-order chi connectivity index (χ1) is 24.9. The highest BCUT2D eigenvalue weighted by Crippen LogP contribution is 2.33. The quantitative estimate of drug-likeness (QED) is 0.118. The van der Waals surface area contributed by atoms with Gasteiger partial charge < -0.3 is 24.8 Å². The normalized spacial score (nSPS) is 18.7. The number of thiazole rings is 1. The van der Waals surface area contributed by atoms with Gasteiger partial charge in [-0.15, -0.1) is 11.3 Å². The minimum Gasteiger partial charge on any atom is -0.396 e. The average molecular weight is 743 g/mol. The molecule has 0 saturated carbocycles. The lowest BCUT2D eigenvalue weighted by molar-refractivity contribution is -0.146. The molecule has 7 atom stereocenters. The molecule has 10 nitrogen and oxygen atoms in total. The van der Waals surface area contributed by atoms with E-state index in [9.17, 15) is 19.5 Å². The molecular formula is C41H66N4O6S. The number of ether oxygens (including phenoxy) is 2. The number of nitrogens with zero attached hydrogens (tertiary/aromatic N) is 3. The summed E-state index contributed by atoms with van der Waals surface area (Å²) in [6.45, 7) is 14.0. The van der Waals surface area contributed by atoms with Gasteiger partial charge in [-0.05, 0) is 69.0 Å². The van der Waals surface area contributed by atoms with Gasteiger partial charge in [0.1, 0.15) is 23.6 Å². The van der Waals surface area contributed by atoms with Gasteiger partial charge in [0.2, 0.25) is 5.91 Å². The largest absolute Gasteiger partial charge is 0.396 e. The third kappa shape index (κ3) is 13.0. The standard InChI is InChI=1S/C41H66N4O6S/c1-9-19-45(41(49)33(30(6)10-2)23-37(47)35-18-14-15-20-44(35)7)36(28(3)4)24-38(51-27-50-8)40-43-34(26-52-40)39(48)42-32(21-29(5)25-46)22-31-16-12-11-13-17-31/h11-13,16-17,26,28-30,32-33,35-36,38,46H,9-10,14-15,18-25,27H2,1-8H3,(H,42,48)/t29-,30-,32+,33?,35?,36+,38+/m0/s1. The first-order valence-corrected chi connectivity index (χ1v) is 20.4. The van der Waals surface area contributed by atoms with Gasteiger partial charge in [-0.1, -0.05) is 84.7 Å². The van der Waals surface area contributed by atoms with Crippen LogP contribution in [-0.4, -0.2) is 96.3 Å². The number of aliphatic hydroxyl groups excluding tert-OH is 1. The third-order valence-electron chi connectivity index (χ3n) is 10.7. The van der Waals surface area contributed by atoms with Crippen molar-refractivity contribution in [1.29, 1.82) is 0 Å². The molecule has 3 rings (SSSR count). The van der Waals surface area contributed by atoms with Crippen molar-refractivity contribution in [3.05, 3.63) is 52.0 Å². The summed E-state index contributed by atoms with van der Waals surface area (Å²) in [6.07, 6.45) is 6.08. The van der Waals surface area contributed by atoms with E-state index in [2.05, 4.69) is 44.8 Å². The minimum absolute atomic E-state index is 0.0280. The Hall–Kier alpha value is -2.70. The van der Waals surface area contributed by atoms with Crippen molar-refractivity contribution in [2.75, 3.05) is 40.6 Å². The highest BCUT2D eigenvalue weighted by Gasteiger charge is 2.38. The third-order valence-corrected chi connectivity index (χ3v) is 11.6. The van der Waals surface area contributed by atoms with E-state index in [4.69, 9.17) is 14.5 Å². The Labute approximate surface area is 317 Å². The van der Waals surface area contributed by atoms with Gasteiger partial charge in [0.25, 0.3) is 5.91 Å². The second-order valence-corrected chi connectivity index (χ2v) is 16.1. The zero-order valence-electron chi connectivity index (χ0n) is 33.0. The van der Waals surface area contributed by atoms with Crippen molar-refractivity contribution < 1.29 is 29.0 Å². The highest BCUT2D eigenvalue weighted by atomic mass is 32.1. The Morgan fingerprint density at radius 1 is 1.10 bits per heavy atom. The number of likely N-dealkylation sites (N-methyl/N-ethyl adjacent to an activating group) is 1. The number of hydrogen-bond acceptors (Lipinski definition) is 9. The second-order valence-electron chi connectivity index (χ2n) is 15.2. The monoisotopic (exact) mass is 742 g/mol. The number of hydrogen-bond donors (Lipinski definition) is 2. The summed E-state index contributed by atoms with van der Waals surface area (Å²) in [7, 11) is 3.59. The number of ketones is 1. The molecule has 2 heterocycles. The maximum Gasteiger partial charge on any atom is 0.270 e. The van der Waals surface area contributed by atoms with E-state index in [0.717, 1.165) is 44.2 Å². The van der Waals surface area contributed by atoms with E-state index < -0.39 is 12.0 Å². The Bertz CT molecular complexity index is 1360. The van der Waals surface area contributed by atoms with E-state index in [0.29, 0.717) is 36.5 Å². The predicted octanol–water partition coefficient (Wildman–Crippen LogP) is 6.92. The first-order valence-electron chi connectivity index (χ1n) is 19.5. The molecular weight excluding hydrogens is 677 g/mol. The molecule has 1 aliphatic heterocycles. The van der Waals surface area contributed by atoms with Gasteiger partial charge in [-0.25, -0.2) is 4.98 Å². The van der Waals surface area contributed by atoms with Gasteiger partial charge in [0.05, 0.1) is 6.04 Å². The van der Waals surface area contributed by atoms with Crippen LogP contribution >= 0.6 is 11.3 Å². The van der Waals surface area contributed by atoms with E-state index in [1.165, 1.54) is 11.3 Å². The van der Waals surface area contributed by atoms with Crippen LogP contribution in [0.2, 0.25) is 0 Å². The molecule has 2 amide bonds. The molecule has 2 unspecified atom stereocenters. The number of carbonyl (C=O) groups is 3. The van der Waals surface area contributed by atoms with Crippen LogP contribution in [0.1, 0.15) is 120 Å². The van der Waals surface area contributed by atoms with E-state index in [-0.39, 0.29) is 73.3 Å². The van der Waals surface area contributed by atoms with Crippen molar-refractivity contribution in [3.8, 4) is 0 Å². The first kappa shape index (κ1) is 43.7. The van der Waals surface area contributed by atoms with Crippen LogP contribution in [0.15, 0.2) is 35.7 Å². The number of likely N-dealkylation sites (tertiary alicyclic amines) is 1. The van der Waals surface area contributed by atoms with E-state index >= 15 is 0 Å². The van der Waals surface area contributed by atoms with Gasteiger partial charge in [0.15, 0.2) is 5.78 Å². The fourth-order valence-electron chi connectivity index (χ4n) is 7.36. The van der Waals surface area contributed by atoms with Crippen LogP contribution in [-0.2, 0) is 25.5 Å². The van der Waals surface area contributed by atoms with E-state index in [1.54, 1.807) is 12.5 Å². The summed E-state index contributed by atoms with van der Waals surface area (Å²) in [5.41, 5.74) is 1.42. The number of benzene rings is 1. The number of aromatic nitrogens is 1. The maximum absolute atomic E-state index is 14.6. The lowest BCUT2D eigenvalue weighted by Crippen LogP contribution is -2.50. The topological polar surface area (TPSA) is 121 Å². The average Bonchev–Trinajstić information content (AvgIpc) is 3.63. The van der Waals surface area contributed by atoms with Gasteiger partial charge in [0, 0.05) is 56.5 Å². The van der Waals surface area contributed by atoms with Crippen LogP contribution in [0.5, 0.6) is 0 Å². The number of Topliss-reactive ketones (excluding diaryl/α,β-unsaturated/α-hetero) is 1. The number of methoxy groups -OCH3 is 1. The molecule has 0 radical (unpaired) electrons. The molecule has 1 aromatic carbocycles. The summed E-state index contributed by atoms with van der Waals surface area (Å²) in [4.78, 5) is 50.9. The molecule has 1 saturated heterocycles. The fraction of sp³-hybridized carbons (Fsp3) is 0.707. The Morgan fingerprint density at radius 2 is 1.83 bits per heavy atom. The molecule has 1 aromatic heterocycles. The summed E-state index contributed by atoms with van der Waals surface area (Å²) >= 11 is 1.37. The number of nitrogens with one attached hydrogen (secondary N) is 1. The number of carbonyl (C=O) groups excluding carboxylic acids is 3. The van der Waals surface area contributed by atoms with E-state index in [1.807, 2.05) is 49.2 Å². The van der Waals surface area contributed by atoms with Crippen molar-refractivity contribution in [2.45, 2.75) is 124 Å². The van der Waals surface area contributed by atoms with Gasteiger partial charge >= 0.3 is 0 Å². The Morgan fingerprint density at radius 3 is 2.44 bits per heavy atom. The number of amides is 2. The van der Waals surface area contributed by atoms with Crippen molar-refractivity contribution in [1.82, 2.24) is 20.1 Å². The maximum atomic E-state index is 14.6. The molecule has 2 N–H and O–H groups in total. The van der Waals surface area contributed by atoms with Crippen molar-refractivity contribution in [3.63, 3.8) is 0 Å². The minimum atomic E-state index is -0.514. The molecule has 292 valence electrons. The molecule has 1 aliphatic rings. The summed E-state index contributed by atoms with van der Waals surface area (Å²) in [5, 5.41) is 15.3. The molecule has 0 aliphatic carbocycles. The van der Waals surface area contributed by atoms with Crippen molar-refractivity contribution in [2.24, 2.45) is 23.7 Å². The van der Waals surface area contributed by atoms with Gasteiger partial charge in [-0.3, -0.25) is 19.3 Å². The second kappa shape index (κ2) is 22.5. The molecule has 0 bridgehead atoms. The summed E-state index contributed by atoms with van der Waals surface area (Å²) in [5.74, 6) is -0.280. The lowest BCUT2D eigenvalue weighted by atomic mass is 9.82. The van der Waals surface area contributed by atoms with Crippen molar-refractivity contribution >= 4 is 28.9 Å². The molecule has 52 heavy (non-hydrogen) atoms. The zero-order chi connectivity index (χ0) is 38.2. The Kier molecular flexibility index (Phi) is 18.9. The summed E-state index contributed by atoms with van der Waals surface area (Å²) < 4.78 is 11.6. The highest BCUT2D eigenvalue weighted by molar-refractivity contribution is 7.09. The molecule has 0 spiro atoms. The van der Waals surface area contributed by atoms with Gasteiger partial charge in [-0.2, -0.15) is 0 Å². The van der Waals surface area contributed by atoms with Crippen LogP contribution in [0, 0.1) is 23.7 Å². The zero-order valence-corrected chi connectivity index (χ0v) is 33.8. The van der Waals surface area contributed by atoms with Crippen LogP contribution in [0.25, 0.3) is 0 Å². The van der Waals surface area contributed by atoms with Crippen LogP contribution in [0.3, 0.4) is 0 Å². The van der Waals surface area contributed by atoms with Crippen LogP contribution < -0.4 is 5.32 Å². The van der Waals surface area contributed by atoms with Crippen LogP contribution in [0.4, 0.5) is 0 Å². The lowest BCUT2D eigenvalue weighted by Gasteiger charge is -2.40. The Balaban J connectivity index is 1.85. The molecule has 1 fully saturated rings. The molecule has 11 heteroatoms. The number of piperidine rings is 1. The smallest absolute Gasteiger partial charge is 0.270 e. The number of aliphatic hydroxyl groups is 1. The summed E-state index contributed by atoms with van der Waals surface area (Å²) in [6, 6.07) is 9.52. The SMILES string of the molecule is CCCN(C(=O)C(CC(=O)C1CCCCN1C)[C@@H](C)CC)[C@H](C[C@@H](OCOC)c1nc(C(=O)N[C@@H](Cc2ccccc2)C[C@H](C)CO)cs1)C(C)C. The number of rotatable bonds is 23. The molecule has 2 aromatic rings.